The van der Waals surface area contributed by atoms with E-state index in [0.717, 1.165) is 12.9 Å². The number of amides is 1. The van der Waals surface area contributed by atoms with Crippen molar-refractivity contribution in [2.45, 2.75) is 6.92 Å². The van der Waals surface area contributed by atoms with Crippen LogP contribution in [0, 0.1) is 28.6 Å². The molecular formula is C18H13I2N3O4. The third kappa shape index (κ3) is 5.64. The molecule has 1 N–H and O–H groups in total. The van der Waals surface area contributed by atoms with Gasteiger partial charge in [-0.2, -0.15) is 5.26 Å². The molecule has 0 bridgehead atoms. The lowest BCUT2D eigenvalue weighted by Crippen LogP contribution is -2.13. The highest BCUT2D eigenvalue weighted by Gasteiger charge is 2.13. The number of halogens is 2. The van der Waals surface area contributed by atoms with Crippen LogP contribution in [0.3, 0.4) is 0 Å². The van der Waals surface area contributed by atoms with Crippen LogP contribution in [-0.2, 0) is 4.79 Å². The predicted octanol–water partition coefficient (Wildman–Crippen LogP) is 4.75. The van der Waals surface area contributed by atoms with Crippen LogP contribution in [-0.4, -0.2) is 17.4 Å². The van der Waals surface area contributed by atoms with E-state index in [2.05, 4.69) is 50.5 Å². The molecule has 1 amide bonds. The molecule has 7 nitrogen and oxygen atoms in total. The topological polar surface area (TPSA) is 105 Å². The van der Waals surface area contributed by atoms with Crippen LogP contribution >= 0.6 is 45.2 Å². The molecule has 138 valence electrons. The third-order valence-electron chi connectivity index (χ3n) is 3.32. The minimum absolute atomic E-state index is 0.0795. The molecule has 0 heterocycles. The molecule has 9 heteroatoms. The first kappa shape index (κ1) is 21.1. The Labute approximate surface area is 182 Å². The van der Waals surface area contributed by atoms with E-state index in [4.69, 9.17) is 4.74 Å². The number of carbonyl (C=O) groups excluding carboxylic acids is 1. The fourth-order valence-electron chi connectivity index (χ4n) is 2.13. The highest BCUT2D eigenvalue weighted by molar-refractivity contribution is 14.1. The van der Waals surface area contributed by atoms with Gasteiger partial charge in [0.2, 0.25) is 0 Å². The van der Waals surface area contributed by atoms with Gasteiger partial charge in [0, 0.05) is 17.8 Å². The molecule has 2 rings (SSSR count). The zero-order valence-corrected chi connectivity index (χ0v) is 18.3. The van der Waals surface area contributed by atoms with Crippen molar-refractivity contribution in [1.82, 2.24) is 0 Å². The molecule has 2 aromatic carbocycles. The van der Waals surface area contributed by atoms with E-state index in [-0.39, 0.29) is 11.3 Å². The van der Waals surface area contributed by atoms with Crippen molar-refractivity contribution in [3.63, 3.8) is 0 Å². The van der Waals surface area contributed by atoms with Crippen molar-refractivity contribution in [2.75, 3.05) is 11.9 Å². The summed E-state index contributed by atoms with van der Waals surface area (Å²) >= 11 is 4.28. The first-order valence-electron chi connectivity index (χ1n) is 7.65. The highest BCUT2D eigenvalue weighted by Crippen LogP contribution is 2.30. The Morgan fingerprint density at radius 1 is 1.30 bits per heavy atom. The van der Waals surface area contributed by atoms with Gasteiger partial charge in [-0.15, -0.1) is 0 Å². The molecule has 0 fully saturated rings. The van der Waals surface area contributed by atoms with E-state index in [1.165, 1.54) is 30.3 Å². The van der Waals surface area contributed by atoms with Crippen molar-refractivity contribution in [2.24, 2.45) is 0 Å². The van der Waals surface area contributed by atoms with Gasteiger partial charge in [-0.1, -0.05) is 0 Å². The Bertz CT molecular complexity index is 927. The van der Waals surface area contributed by atoms with Crippen LogP contribution in [0.25, 0.3) is 6.08 Å². The Kier molecular flexibility index (Phi) is 7.55. The molecule has 0 saturated carbocycles. The standard InChI is InChI=1S/C18H13I2N3O4/c1-2-27-17-15(19)8-11(9-16(17)20)7-12(10-21)18(24)22-13-3-5-14(6-4-13)23(25)26/h3-9H,2H2,1H3,(H,22,24). The maximum Gasteiger partial charge on any atom is 0.269 e. The fraction of sp³-hybridized carbons (Fsp3) is 0.111. The van der Waals surface area contributed by atoms with Crippen molar-refractivity contribution >= 4 is 68.5 Å². The zero-order chi connectivity index (χ0) is 20.0. The average Bonchev–Trinajstić information content (AvgIpc) is 2.63. The van der Waals surface area contributed by atoms with Crippen LogP contribution in [0.4, 0.5) is 11.4 Å². The average molecular weight is 589 g/mol. The van der Waals surface area contributed by atoms with E-state index >= 15 is 0 Å². The van der Waals surface area contributed by atoms with Gasteiger partial charge in [0.05, 0.1) is 18.7 Å². The molecule has 0 aliphatic carbocycles. The molecule has 0 atom stereocenters. The number of benzene rings is 2. The Balaban J connectivity index is 2.24. The van der Waals surface area contributed by atoms with Crippen LogP contribution < -0.4 is 10.1 Å². The summed E-state index contributed by atoms with van der Waals surface area (Å²) in [7, 11) is 0. The molecular weight excluding hydrogens is 576 g/mol. The van der Waals surface area contributed by atoms with E-state index in [0.29, 0.717) is 17.9 Å². The number of carbonyl (C=O) groups is 1. The van der Waals surface area contributed by atoms with Gasteiger partial charge in [-0.05, 0) is 88.0 Å². The first-order valence-corrected chi connectivity index (χ1v) is 9.81. The molecule has 0 radical (unpaired) electrons. The number of hydrogen-bond donors (Lipinski definition) is 1. The first-order chi connectivity index (χ1) is 12.8. The van der Waals surface area contributed by atoms with Gasteiger partial charge >= 0.3 is 0 Å². The summed E-state index contributed by atoms with van der Waals surface area (Å²) in [5.74, 6) is 0.176. The summed E-state index contributed by atoms with van der Waals surface area (Å²) in [4.78, 5) is 22.5. The van der Waals surface area contributed by atoms with Gasteiger partial charge in [0.25, 0.3) is 11.6 Å². The second kappa shape index (κ2) is 9.65. The Morgan fingerprint density at radius 2 is 1.89 bits per heavy atom. The lowest BCUT2D eigenvalue weighted by molar-refractivity contribution is -0.384. The lowest BCUT2D eigenvalue weighted by atomic mass is 10.1. The van der Waals surface area contributed by atoms with E-state index in [1.54, 1.807) is 0 Å². The van der Waals surface area contributed by atoms with Crippen LogP contribution in [0.2, 0.25) is 0 Å². The normalized spacial score (nSPS) is 10.8. The molecule has 0 aliphatic rings. The van der Waals surface area contributed by atoms with Gasteiger partial charge in [0.1, 0.15) is 17.4 Å². The highest BCUT2D eigenvalue weighted by atomic mass is 127. The van der Waals surface area contributed by atoms with Gasteiger partial charge in [-0.25, -0.2) is 0 Å². The summed E-state index contributed by atoms with van der Waals surface area (Å²) in [6.45, 7) is 2.44. The predicted molar refractivity (Wildman–Crippen MR) is 118 cm³/mol. The third-order valence-corrected chi connectivity index (χ3v) is 4.92. The van der Waals surface area contributed by atoms with E-state index in [9.17, 15) is 20.2 Å². The molecule has 0 aliphatic heterocycles. The summed E-state index contributed by atoms with van der Waals surface area (Å²) in [6, 6.07) is 10.9. The number of anilines is 1. The second-order valence-corrected chi connectivity index (χ2v) is 7.50. The largest absolute Gasteiger partial charge is 0.492 e. The lowest BCUT2D eigenvalue weighted by Gasteiger charge is -2.10. The molecule has 27 heavy (non-hydrogen) atoms. The summed E-state index contributed by atoms with van der Waals surface area (Å²) in [6.07, 6.45) is 1.49. The molecule has 2 aromatic rings. The fourth-order valence-corrected chi connectivity index (χ4v) is 4.25. The minimum Gasteiger partial charge on any atom is -0.492 e. The molecule has 0 unspecified atom stereocenters. The number of ether oxygens (including phenoxy) is 1. The monoisotopic (exact) mass is 589 g/mol. The number of nitro benzene ring substituents is 1. The summed E-state index contributed by atoms with van der Waals surface area (Å²) in [5, 5.41) is 22.6. The number of non-ortho nitro benzene ring substituents is 1. The number of rotatable bonds is 6. The van der Waals surface area contributed by atoms with Crippen LogP contribution in [0.5, 0.6) is 5.75 Å². The second-order valence-electron chi connectivity index (χ2n) is 5.17. The van der Waals surface area contributed by atoms with Crippen LogP contribution in [0.15, 0.2) is 42.0 Å². The summed E-state index contributed by atoms with van der Waals surface area (Å²) < 4.78 is 7.33. The smallest absolute Gasteiger partial charge is 0.269 e. The summed E-state index contributed by atoms with van der Waals surface area (Å²) in [5.41, 5.74) is 0.900. The maximum atomic E-state index is 12.3. The van der Waals surface area contributed by atoms with Crippen LogP contribution in [0.1, 0.15) is 12.5 Å². The van der Waals surface area contributed by atoms with Crippen molar-refractivity contribution in [3.05, 3.63) is 64.8 Å². The Hall–Kier alpha value is -2.20. The number of nitrogens with one attached hydrogen (secondary N) is 1. The SMILES string of the molecule is CCOc1c(I)cc(C=C(C#N)C(=O)Nc2ccc([N+](=O)[O-])cc2)cc1I. The number of nitro groups is 1. The van der Waals surface area contributed by atoms with Gasteiger partial charge in [-0.3, -0.25) is 14.9 Å². The van der Waals surface area contributed by atoms with E-state index in [1.807, 2.05) is 25.1 Å². The number of hydrogen-bond acceptors (Lipinski definition) is 5. The molecule has 0 saturated heterocycles. The van der Waals surface area contributed by atoms with Crippen molar-refractivity contribution in [1.29, 1.82) is 5.26 Å². The van der Waals surface area contributed by atoms with Crippen molar-refractivity contribution in [3.8, 4) is 11.8 Å². The maximum absolute atomic E-state index is 12.3. The Morgan fingerprint density at radius 3 is 2.37 bits per heavy atom. The number of nitriles is 1. The van der Waals surface area contributed by atoms with Crippen molar-refractivity contribution < 1.29 is 14.5 Å². The number of nitrogens with zero attached hydrogens (tertiary/aromatic N) is 2. The molecule has 0 spiro atoms. The molecule has 0 aromatic heterocycles. The zero-order valence-electron chi connectivity index (χ0n) is 14.0. The quantitative estimate of drug-likeness (QED) is 0.172. The minimum atomic E-state index is -0.592. The van der Waals surface area contributed by atoms with E-state index < -0.39 is 10.8 Å². The van der Waals surface area contributed by atoms with Gasteiger partial charge < -0.3 is 10.1 Å². The van der Waals surface area contributed by atoms with Gasteiger partial charge in [0.15, 0.2) is 0 Å².